The van der Waals surface area contributed by atoms with Gasteiger partial charge in [0.1, 0.15) is 6.04 Å². The molecule has 8 nitrogen and oxygen atoms in total. The molecule has 0 bridgehead atoms. The largest absolute Gasteiger partial charge is 0.378 e. The molecule has 1 atom stereocenters. The van der Waals surface area contributed by atoms with Crippen LogP contribution in [0.4, 0.5) is 0 Å². The second-order valence-electron chi connectivity index (χ2n) is 7.41. The highest BCUT2D eigenvalue weighted by atomic mass is 16.5. The number of imide groups is 1. The van der Waals surface area contributed by atoms with E-state index in [9.17, 15) is 19.2 Å². The predicted molar refractivity (Wildman–Crippen MR) is 111 cm³/mol. The van der Waals surface area contributed by atoms with Gasteiger partial charge in [-0.25, -0.2) is 0 Å². The third kappa shape index (κ3) is 4.34. The fourth-order valence-corrected chi connectivity index (χ4v) is 3.79. The number of fused-ring (bicyclic) bond motifs is 1. The van der Waals surface area contributed by atoms with Crippen molar-refractivity contribution in [3.05, 3.63) is 71.3 Å². The van der Waals surface area contributed by atoms with Gasteiger partial charge in [0.15, 0.2) is 0 Å². The summed E-state index contributed by atoms with van der Waals surface area (Å²) in [4.78, 5) is 53.5. The minimum absolute atomic E-state index is 0.0502. The minimum Gasteiger partial charge on any atom is -0.378 e. The third-order valence-electron chi connectivity index (χ3n) is 5.45. The maximum Gasteiger partial charge on any atom is 0.261 e. The molecule has 2 heterocycles. The first-order chi connectivity index (χ1) is 15.1. The zero-order chi connectivity index (χ0) is 21.8. The van der Waals surface area contributed by atoms with E-state index < -0.39 is 23.8 Å². The van der Waals surface area contributed by atoms with Crippen molar-refractivity contribution in [3.63, 3.8) is 0 Å². The van der Waals surface area contributed by atoms with Gasteiger partial charge in [0.05, 0.1) is 24.3 Å². The SMILES string of the molecule is O=C(CCN1C(=O)c2ccccc2C1=O)N[C@H](C(=O)N1CCOCC1)c1ccccc1. The summed E-state index contributed by atoms with van der Waals surface area (Å²) in [7, 11) is 0. The number of hydrogen-bond donors (Lipinski definition) is 1. The zero-order valence-electron chi connectivity index (χ0n) is 17.0. The van der Waals surface area contributed by atoms with Crippen LogP contribution in [0.3, 0.4) is 0 Å². The average Bonchev–Trinajstić information content (AvgIpc) is 3.06. The Morgan fingerprint density at radius 3 is 2.10 bits per heavy atom. The minimum atomic E-state index is -0.839. The Balaban J connectivity index is 1.43. The van der Waals surface area contributed by atoms with Crippen LogP contribution < -0.4 is 5.32 Å². The van der Waals surface area contributed by atoms with Crippen LogP contribution in [0.5, 0.6) is 0 Å². The molecule has 4 amide bonds. The topological polar surface area (TPSA) is 96.0 Å². The molecule has 0 aromatic heterocycles. The smallest absolute Gasteiger partial charge is 0.261 e. The van der Waals surface area contributed by atoms with Crippen molar-refractivity contribution in [1.29, 1.82) is 0 Å². The number of nitrogens with zero attached hydrogens (tertiary/aromatic N) is 2. The number of carbonyl (C=O) groups is 4. The molecular formula is C23H23N3O5. The van der Waals surface area contributed by atoms with Crippen molar-refractivity contribution in [2.75, 3.05) is 32.8 Å². The van der Waals surface area contributed by atoms with E-state index in [-0.39, 0.29) is 18.9 Å². The molecule has 8 heteroatoms. The summed E-state index contributed by atoms with van der Waals surface area (Å²) in [6.07, 6.45) is -0.0921. The van der Waals surface area contributed by atoms with Gasteiger partial charge in [-0.15, -0.1) is 0 Å². The molecule has 2 aliphatic heterocycles. The summed E-state index contributed by atoms with van der Waals surface area (Å²) >= 11 is 0. The number of carbonyl (C=O) groups excluding carboxylic acids is 4. The molecule has 0 unspecified atom stereocenters. The Morgan fingerprint density at radius 2 is 1.48 bits per heavy atom. The summed E-state index contributed by atoms with van der Waals surface area (Å²) in [6.45, 7) is 1.80. The van der Waals surface area contributed by atoms with Crippen molar-refractivity contribution in [2.45, 2.75) is 12.5 Å². The zero-order valence-corrected chi connectivity index (χ0v) is 17.0. The Hall–Kier alpha value is -3.52. The number of benzene rings is 2. The van der Waals surface area contributed by atoms with E-state index in [2.05, 4.69) is 5.32 Å². The van der Waals surface area contributed by atoms with Crippen LogP contribution in [0, 0.1) is 0 Å². The lowest BCUT2D eigenvalue weighted by Gasteiger charge is -2.31. The molecule has 1 saturated heterocycles. The van der Waals surface area contributed by atoms with Crippen LogP contribution in [0.25, 0.3) is 0 Å². The number of hydrogen-bond acceptors (Lipinski definition) is 5. The highest BCUT2D eigenvalue weighted by Crippen LogP contribution is 2.23. The van der Waals surface area contributed by atoms with Gasteiger partial charge in [-0.3, -0.25) is 24.1 Å². The van der Waals surface area contributed by atoms with E-state index in [0.717, 1.165) is 4.90 Å². The monoisotopic (exact) mass is 421 g/mol. The number of amides is 4. The van der Waals surface area contributed by atoms with Gasteiger partial charge in [-0.2, -0.15) is 0 Å². The molecule has 2 aromatic rings. The molecule has 31 heavy (non-hydrogen) atoms. The number of ether oxygens (including phenoxy) is 1. The lowest BCUT2D eigenvalue weighted by molar-refractivity contribution is -0.140. The van der Waals surface area contributed by atoms with Crippen molar-refractivity contribution in [1.82, 2.24) is 15.1 Å². The predicted octanol–water partition coefficient (Wildman–Crippen LogP) is 1.39. The fourth-order valence-electron chi connectivity index (χ4n) is 3.79. The van der Waals surface area contributed by atoms with E-state index in [1.807, 2.05) is 6.07 Å². The van der Waals surface area contributed by atoms with Gasteiger partial charge in [0.25, 0.3) is 11.8 Å². The molecule has 2 aliphatic rings. The number of rotatable bonds is 6. The standard InChI is InChI=1S/C23H23N3O5/c27-19(10-11-26-21(28)17-8-4-5-9-18(17)22(26)29)24-20(16-6-2-1-3-7-16)23(30)25-12-14-31-15-13-25/h1-9,20H,10-15H2,(H,24,27)/t20-/m0/s1. The quantitative estimate of drug-likeness (QED) is 0.711. The molecule has 0 saturated carbocycles. The van der Waals surface area contributed by atoms with Crippen LogP contribution in [0.1, 0.15) is 38.7 Å². The van der Waals surface area contributed by atoms with E-state index in [1.54, 1.807) is 53.4 Å². The molecule has 4 rings (SSSR count). The Bertz CT molecular complexity index is 966. The van der Waals surface area contributed by atoms with E-state index in [1.165, 1.54) is 0 Å². The summed E-state index contributed by atoms with van der Waals surface area (Å²) < 4.78 is 5.31. The molecule has 0 radical (unpaired) electrons. The van der Waals surface area contributed by atoms with E-state index in [4.69, 9.17) is 4.74 Å². The number of nitrogens with one attached hydrogen (secondary N) is 1. The van der Waals surface area contributed by atoms with Crippen LogP contribution >= 0.6 is 0 Å². The fraction of sp³-hybridized carbons (Fsp3) is 0.304. The lowest BCUT2D eigenvalue weighted by Crippen LogP contribution is -2.47. The normalized spacial score (nSPS) is 16.8. The van der Waals surface area contributed by atoms with Gasteiger partial charge < -0.3 is 15.0 Å². The maximum absolute atomic E-state index is 13.1. The first-order valence-corrected chi connectivity index (χ1v) is 10.2. The highest BCUT2D eigenvalue weighted by molar-refractivity contribution is 6.21. The van der Waals surface area contributed by atoms with Crippen molar-refractivity contribution >= 4 is 23.6 Å². The molecule has 1 N–H and O–H groups in total. The van der Waals surface area contributed by atoms with Crippen LogP contribution in [-0.4, -0.2) is 66.3 Å². The third-order valence-corrected chi connectivity index (χ3v) is 5.45. The van der Waals surface area contributed by atoms with Crippen LogP contribution in [0.2, 0.25) is 0 Å². The van der Waals surface area contributed by atoms with E-state index in [0.29, 0.717) is 43.0 Å². The van der Waals surface area contributed by atoms with Gasteiger partial charge >= 0.3 is 0 Å². The van der Waals surface area contributed by atoms with Crippen molar-refractivity contribution in [2.24, 2.45) is 0 Å². The summed E-state index contributed by atoms with van der Waals surface area (Å²) in [5, 5.41) is 2.78. The molecule has 2 aromatic carbocycles. The van der Waals surface area contributed by atoms with Gasteiger partial charge in [0.2, 0.25) is 11.8 Å². The maximum atomic E-state index is 13.1. The Morgan fingerprint density at radius 1 is 0.903 bits per heavy atom. The summed E-state index contributed by atoms with van der Waals surface area (Å²) in [5.41, 5.74) is 1.36. The molecular weight excluding hydrogens is 398 g/mol. The second-order valence-corrected chi connectivity index (χ2v) is 7.41. The molecule has 160 valence electrons. The van der Waals surface area contributed by atoms with E-state index >= 15 is 0 Å². The van der Waals surface area contributed by atoms with Crippen molar-refractivity contribution in [3.8, 4) is 0 Å². The van der Waals surface area contributed by atoms with Gasteiger partial charge in [0, 0.05) is 26.1 Å². The summed E-state index contributed by atoms with van der Waals surface area (Å²) in [6, 6.07) is 14.8. The van der Waals surface area contributed by atoms with Crippen LogP contribution in [-0.2, 0) is 14.3 Å². The van der Waals surface area contributed by atoms with Gasteiger partial charge in [-0.1, -0.05) is 42.5 Å². The first-order valence-electron chi connectivity index (χ1n) is 10.2. The van der Waals surface area contributed by atoms with Crippen LogP contribution in [0.15, 0.2) is 54.6 Å². The summed E-state index contributed by atoms with van der Waals surface area (Å²) in [5.74, 6) is -1.43. The Kier molecular flexibility index (Phi) is 6.08. The van der Waals surface area contributed by atoms with Gasteiger partial charge in [-0.05, 0) is 17.7 Å². The lowest BCUT2D eigenvalue weighted by atomic mass is 10.0. The van der Waals surface area contributed by atoms with Crippen molar-refractivity contribution < 1.29 is 23.9 Å². The molecule has 1 fully saturated rings. The first kappa shape index (κ1) is 20.7. The number of morpholine rings is 1. The second kappa shape index (κ2) is 9.09. The average molecular weight is 421 g/mol. The molecule has 0 aliphatic carbocycles. The Labute approximate surface area is 179 Å². The molecule has 0 spiro atoms. The highest BCUT2D eigenvalue weighted by Gasteiger charge is 2.35.